The second kappa shape index (κ2) is 6.95. The smallest absolute Gasteiger partial charge is 0.243 e. The third kappa shape index (κ3) is 4.49. The molecule has 1 unspecified atom stereocenters. The number of benzene rings is 1. The quantitative estimate of drug-likeness (QED) is 0.692. The van der Waals surface area contributed by atoms with Gasteiger partial charge < -0.3 is 10.8 Å². The van der Waals surface area contributed by atoms with E-state index in [0.717, 1.165) is 0 Å². The van der Waals surface area contributed by atoms with Crippen molar-refractivity contribution in [3.63, 3.8) is 0 Å². The van der Waals surface area contributed by atoms with Crippen molar-refractivity contribution in [2.24, 2.45) is 5.92 Å². The first kappa shape index (κ1) is 17.5. The van der Waals surface area contributed by atoms with Crippen LogP contribution in [0.1, 0.15) is 20.3 Å². The first-order valence-electron chi connectivity index (χ1n) is 6.05. The van der Waals surface area contributed by atoms with Crippen LogP contribution < -0.4 is 10.5 Å². The highest BCUT2D eigenvalue weighted by molar-refractivity contribution is 7.89. The molecule has 114 valence electrons. The van der Waals surface area contributed by atoms with Crippen molar-refractivity contribution < 1.29 is 13.5 Å². The van der Waals surface area contributed by atoms with Gasteiger partial charge in [-0.3, -0.25) is 0 Å². The zero-order valence-corrected chi connectivity index (χ0v) is 13.6. The fourth-order valence-electron chi connectivity index (χ4n) is 1.84. The Morgan fingerprint density at radius 3 is 2.20 bits per heavy atom. The molecule has 1 atom stereocenters. The summed E-state index contributed by atoms with van der Waals surface area (Å²) in [6.45, 7) is 3.56. The van der Waals surface area contributed by atoms with Crippen molar-refractivity contribution in [1.82, 2.24) is 4.72 Å². The van der Waals surface area contributed by atoms with Gasteiger partial charge in [0, 0.05) is 11.7 Å². The second-order valence-corrected chi connectivity index (χ2v) is 7.41. The molecule has 0 saturated heterocycles. The summed E-state index contributed by atoms with van der Waals surface area (Å²) < 4.78 is 27.0. The molecule has 20 heavy (non-hydrogen) atoms. The molecule has 0 saturated carbocycles. The van der Waals surface area contributed by atoms with Gasteiger partial charge in [0.05, 0.1) is 16.7 Å². The number of halogens is 2. The minimum absolute atomic E-state index is 0.0521. The molecule has 0 amide bonds. The molecule has 1 rings (SSSR count). The molecular formula is C12H18Cl2N2O3S. The molecule has 0 bridgehead atoms. The number of anilines is 1. The van der Waals surface area contributed by atoms with E-state index < -0.39 is 16.1 Å². The number of nitrogen functional groups attached to an aromatic ring is 1. The van der Waals surface area contributed by atoms with Crippen molar-refractivity contribution in [3.05, 3.63) is 22.2 Å². The molecule has 0 aromatic heterocycles. The summed E-state index contributed by atoms with van der Waals surface area (Å²) in [7, 11) is -3.92. The number of rotatable bonds is 6. The molecule has 0 aliphatic heterocycles. The van der Waals surface area contributed by atoms with E-state index in [1.54, 1.807) is 0 Å². The average molecular weight is 341 g/mol. The zero-order valence-electron chi connectivity index (χ0n) is 11.2. The Kier molecular flexibility index (Phi) is 6.09. The Labute approximate surface area is 129 Å². The lowest BCUT2D eigenvalue weighted by Crippen LogP contribution is -2.38. The Balaban J connectivity index is 3.11. The van der Waals surface area contributed by atoms with Gasteiger partial charge in [-0.2, -0.15) is 0 Å². The van der Waals surface area contributed by atoms with Gasteiger partial charge in [-0.15, -0.1) is 0 Å². The third-order valence-corrected chi connectivity index (χ3v) is 5.03. The number of hydrogen-bond donors (Lipinski definition) is 3. The fraction of sp³-hybridized carbons (Fsp3) is 0.500. The molecule has 5 nitrogen and oxygen atoms in total. The van der Waals surface area contributed by atoms with Crippen LogP contribution >= 0.6 is 23.2 Å². The van der Waals surface area contributed by atoms with Crippen molar-refractivity contribution in [3.8, 4) is 0 Å². The summed E-state index contributed by atoms with van der Waals surface area (Å²) in [5.74, 6) is 0.229. The predicted octanol–water partition coefficient (Wildman–Crippen LogP) is 2.26. The molecule has 1 aromatic rings. The molecule has 0 spiro atoms. The predicted molar refractivity (Wildman–Crippen MR) is 81.5 cm³/mol. The van der Waals surface area contributed by atoms with Crippen molar-refractivity contribution in [2.45, 2.75) is 31.2 Å². The second-order valence-electron chi connectivity index (χ2n) is 4.94. The molecule has 0 aliphatic carbocycles. The van der Waals surface area contributed by atoms with Crippen LogP contribution in [0.5, 0.6) is 0 Å². The van der Waals surface area contributed by atoms with Crippen LogP contribution in [-0.2, 0) is 10.0 Å². The molecule has 4 N–H and O–H groups in total. The highest BCUT2D eigenvalue weighted by Crippen LogP contribution is 2.32. The van der Waals surface area contributed by atoms with E-state index in [-0.39, 0.29) is 33.2 Å². The Bertz CT molecular complexity index is 553. The average Bonchev–Trinajstić information content (AvgIpc) is 2.24. The summed E-state index contributed by atoms with van der Waals surface area (Å²) in [5.41, 5.74) is 5.82. The van der Waals surface area contributed by atoms with Crippen LogP contribution in [0.2, 0.25) is 10.0 Å². The van der Waals surface area contributed by atoms with Gasteiger partial charge in [0.1, 0.15) is 4.90 Å². The number of aliphatic hydroxyl groups is 1. The summed E-state index contributed by atoms with van der Waals surface area (Å²) in [6, 6.07) is 2.04. The SMILES string of the molecule is CC(C)CC(CO)NS(=O)(=O)c1c(Cl)cc(N)cc1Cl. The lowest BCUT2D eigenvalue weighted by Gasteiger charge is -2.19. The normalized spacial score (nSPS) is 13.7. The number of nitrogens with two attached hydrogens (primary N) is 1. The van der Waals surface area contributed by atoms with E-state index >= 15 is 0 Å². The van der Waals surface area contributed by atoms with Gasteiger partial charge >= 0.3 is 0 Å². The van der Waals surface area contributed by atoms with Gasteiger partial charge in [0.25, 0.3) is 0 Å². The number of nitrogens with one attached hydrogen (secondary N) is 1. The van der Waals surface area contributed by atoms with Gasteiger partial charge in [-0.1, -0.05) is 37.0 Å². The van der Waals surface area contributed by atoms with Gasteiger partial charge in [-0.25, -0.2) is 13.1 Å². The third-order valence-electron chi connectivity index (χ3n) is 2.59. The molecule has 1 aromatic carbocycles. The van der Waals surface area contributed by atoms with Crippen molar-refractivity contribution in [2.75, 3.05) is 12.3 Å². The maximum Gasteiger partial charge on any atom is 0.243 e. The number of aliphatic hydroxyl groups excluding tert-OH is 1. The first-order valence-corrected chi connectivity index (χ1v) is 8.29. The van der Waals surface area contributed by atoms with Crippen LogP contribution in [0.15, 0.2) is 17.0 Å². The summed E-state index contributed by atoms with van der Waals surface area (Å²) in [4.78, 5) is -0.225. The van der Waals surface area contributed by atoms with E-state index in [1.165, 1.54) is 12.1 Å². The monoisotopic (exact) mass is 340 g/mol. The van der Waals surface area contributed by atoms with Crippen molar-refractivity contribution >= 4 is 38.9 Å². The minimum atomic E-state index is -3.92. The van der Waals surface area contributed by atoms with E-state index in [2.05, 4.69) is 4.72 Å². The van der Waals surface area contributed by atoms with Crippen LogP contribution in [0.25, 0.3) is 0 Å². The van der Waals surface area contributed by atoms with Crippen LogP contribution in [-0.4, -0.2) is 26.2 Å². The van der Waals surface area contributed by atoms with Gasteiger partial charge in [0.15, 0.2) is 0 Å². The molecule has 0 aliphatic rings. The van der Waals surface area contributed by atoms with E-state index in [4.69, 9.17) is 28.9 Å². The summed E-state index contributed by atoms with van der Waals surface area (Å²) in [6.07, 6.45) is 0.500. The Hall–Kier alpha value is -0.530. The standard InChI is InChI=1S/C12H18Cl2N2O3S/c1-7(2)3-9(6-17)16-20(18,19)12-10(13)4-8(15)5-11(12)14/h4-5,7,9,16-17H,3,6,15H2,1-2H3. The molecule has 0 heterocycles. The Morgan fingerprint density at radius 1 is 1.30 bits per heavy atom. The molecule has 0 fully saturated rings. The zero-order chi connectivity index (χ0) is 15.5. The minimum Gasteiger partial charge on any atom is -0.399 e. The van der Waals surface area contributed by atoms with Gasteiger partial charge in [-0.05, 0) is 24.5 Å². The maximum absolute atomic E-state index is 12.3. The van der Waals surface area contributed by atoms with Crippen LogP contribution in [0.3, 0.4) is 0 Å². The van der Waals surface area contributed by atoms with Crippen LogP contribution in [0, 0.1) is 5.92 Å². The maximum atomic E-state index is 12.3. The number of hydrogen-bond acceptors (Lipinski definition) is 4. The lowest BCUT2D eigenvalue weighted by atomic mass is 10.1. The molecule has 0 radical (unpaired) electrons. The van der Waals surface area contributed by atoms with Crippen molar-refractivity contribution in [1.29, 1.82) is 0 Å². The highest BCUT2D eigenvalue weighted by atomic mass is 35.5. The van der Waals surface area contributed by atoms with Gasteiger partial charge in [0.2, 0.25) is 10.0 Å². The lowest BCUT2D eigenvalue weighted by molar-refractivity contribution is 0.240. The first-order chi connectivity index (χ1) is 9.17. The summed E-state index contributed by atoms with van der Waals surface area (Å²) in [5, 5.41) is 9.15. The fourth-order valence-corrected chi connectivity index (χ4v) is 4.32. The Morgan fingerprint density at radius 2 is 1.80 bits per heavy atom. The topological polar surface area (TPSA) is 92.4 Å². The number of sulfonamides is 1. The van der Waals surface area contributed by atoms with Crippen LogP contribution in [0.4, 0.5) is 5.69 Å². The van der Waals surface area contributed by atoms with E-state index in [0.29, 0.717) is 6.42 Å². The highest BCUT2D eigenvalue weighted by Gasteiger charge is 2.25. The van der Waals surface area contributed by atoms with E-state index in [1.807, 2.05) is 13.8 Å². The largest absolute Gasteiger partial charge is 0.399 e. The molecular weight excluding hydrogens is 323 g/mol. The molecule has 8 heteroatoms. The van der Waals surface area contributed by atoms with E-state index in [9.17, 15) is 13.5 Å². The summed E-state index contributed by atoms with van der Waals surface area (Å²) >= 11 is 11.8.